The van der Waals surface area contributed by atoms with Crippen molar-refractivity contribution in [1.29, 1.82) is 0 Å². The molecule has 0 aromatic heterocycles. The number of allylic oxidation sites excluding steroid dienone is 5. The predicted molar refractivity (Wildman–Crippen MR) is 239 cm³/mol. The van der Waals surface area contributed by atoms with E-state index in [0.29, 0.717) is 18.0 Å². The third-order valence-electron chi connectivity index (χ3n) is 10.7. The number of aliphatic hydroxyl groups excluding tert-OH is 2. The number of para-hydroxylation sites is 1. The van der Waals surface area contributed by atoms with Crippen molar-refractivity contribution in [3.8, 4) is 11.5 Å². The number of phenols is 1. The zero-order valence-electron chi connectivity index (χ0n) is 32.0. The highest BCUT2D eigenvalue weighted by Gasteiger charge is 2.40. The standard InChI is InChI=1S/C52H38N2O5/c1-2-3-31-59-40-27-23-37(24-28-40)54(46-22-12-16-35-14-8-10-20-42(35)46)39-26-30-44(48(56)33-39)50-51(57)49(52(50)58)43-29-25-38(32-47(43)55)53(36-17-5-4-6-18-36)45-21-11-15-34-13-7-9-19-41(34)45/h2,4-30,32-33H,1,3,31H2,(H2,55,56,57,58)/p+1. The fraction of sp³-hybridized carbons (Fsp3) is 0.0385. The van der Waals surface area contributed by atoms with Gasteiger partial charge >= 0.3 is 0 Å². The molecule has 2 aliphatic carbocycles. The highest BCUT2D eigenvalue weighted by Crippen LogP contribution is 2.46. The van der Waals surface area contributed by atoms with Crippen molar-refractivity contribution >= 4 is 67.0 Å². The molecule has 0 bridgehead atoms. The lowest BCUT2D eigenvalue weighted by Gasteiger charge is -2.28. The number of aliphatic hydroxyl groups is 2. The molecule has 0 fully saturated rings. The lowest BCUT2D eigenvalue weighted by Crippen LogP contribution is -2.24. The summed E-state index contributed by atoms with van der Waals surface area (Å²) in [6.07, 6.45) is 7.62. The van der Waals surface area contributed by atoms with Crippen LogP contribution in [0.5, 0.6) is 11.5 Å². The number of carbonyl (C=O) groups is 1. The molecule has 0 saturated carbocycles. The van der Waals surface area contributed by atoms with E-state index >= 15 is 0 Å². The first kappa shape index (κ1) is 36.7. The SMILES string of the molecule is C=CCCOc1ccc(N(c2ccc(C3=C(O)/C(=C4/C=CC(=[N+](c5ccccc5)c5cccc6ccccc56)C=C4O)C3=O)c(O)c2)c2cccc3ccccc23)cc1. The first-order valence-electron chi connectivity index (χ1n) is 19.4. The van der Waals surface area contributed by atoms with Crippen LogP contribution in [0.2, 0.25) is 0 Å². The van der Waals surface area contributed by atoms with Gasteiger partial charge < -0.3 is 25.0 Å². The second-order valence-corrected chi connectivity index (χ2v) is 14.3. The summed E-state index contributed by atoms with van der Waals surface area (Å²) in [6.45, 7) is 4.28. The van der Waals surface area contributed by atoms with Gasteiger partial charge in [0.25, 0.3) is 0 Å². The van der Waals surface area contributed by atoms with E-state index < -0.39 is 5.78 Å². The number of carbonyl (C=O) groups excluding carboxylic acids is 1. The molecule has 0 unspecified atom stereocenters. The van der Waals surface area contributed by atoms with Gasteiger partial charge in [-0.05, 0) is 71.8 Å². The maximum atomic E-state index is 13.9. The quantitative estimate of drug-likeness (QED) is 0.0555. The number of phenolic OH excluding ortho intramolecular Hbond substituents is 1. The molecule has 59 heavy (non-hydrogen) atoms. The molecule has 0 heterocycles. The molecule has 0 atom stereocenters. The van der Waals surface area contributed by atoms with Gasteiger partial charge in [0.2, 0.25) is 22.9 Å². The number of hydrogen-bond donors (Lipinski definition) is 3. The van der Waals surface area contributed by atoms with Gasteiger partial charge in [0.05, 0.1) is 34.9 Å². The van der Waals surface area contributed by atoms with E-state index in [0.717, 1.165) is 56.5 Å². The van der Waals surface area contributed by atoms with Crippen molar-refractivity contribution in [2.24, 2.45) is 0 Å². The zero-order chi connectivity index (χ0) is 40.5. The minimum absolute atomic E-state index is 0.0169. The van der Waals surface area contributed by atoms with Crippen molar-refractivity contribution in [1.82, 2.24) is 4.58 Å². The summed E-state index contributed by atoms with van der Waals surface area (Å²) in [4.78, 5) is 15.9. The number of aromatic hydroxyl groups is 1. The maximum absolute atomic E-state index is 13.9. The summed E-state index contributed by atoms with van der Waals surface area (Å²) >= 11 is 0. The third kappa shape index (κ3) is 6.74. The van der Waals surface area contributed by atoms with Crippen molar-refractivity contribution in [2.45, 2.75) is 6.42 Å². The topological polar surface area (TPSA) is 93.2 Å². The van der Waals surface area contributed by atoms with Crippen LogP contribution >= 0.6 is 0 Å². The van der Waals surface area contributed by atoms with E-state index in [-0.39, 0.29) is 39.6 Å². The molecule has 0 aliphatic heterocycles. The van der Waals surface area contributed by atoms with Crippen molar-refractivity contribution < 1.29 is 24.9 Å². The van der Waals surface area contributed by atoms with E-state index in [1.807, 2.05) is 131 Å². The van der Waals surface area contributed by atoms with E-state index in [2.05, 4.69) is 43.0 Å². The van der Waals surface area contributed by atoms with Crippen molar-refractivity contribution in [2.75, 3.05) is 11.5 Å². The second-order valence-electron chi connectivity index (χ2n) is 14.3. The van der Waals surface area contributed by atoms with Crippen LogP contribution in [0.3, 0.4) is 0 Å². The number of Topliss-reactive ketones (excluding diaryl/α,β-unsaturated/α-hetero) is 1. The molecule has 3 N–H and O–H groups in total. The first-order chi connectivity index (χ1) is 28.9. The largest absolute Gasteiger partial charge is 0.507 e. The van der Waals surface area contributed by atoms with Gasteiger partial charge in [-0.1, -0.05) is 91.0 Å². The Hall–Kier alpha value is -7.90. The van der Waals surface area contributed by atoms with Gasteiger partial charge in [0.1, 0.15) is 23.0 Å². The molecule has 9 rings (SSSR count). The van der Waals surface area contributed by atoms with Gasteiger partial charge in [-0.25, -0.2) is 0 Å². The van der Waals surface area contributed by atoms with Crippen LogP contribution in [0.1, 0.15) is 12.0 Å². The number of rotatable bonds is 10. The highest BCUT2D eigenvalue weighted by molar-refractivity contribution is 6.40. The van der Waals surface area contributed by atoms with Crippen LogP contribution in [0, 0.1) is 0 Å². The zero-order valence-corrected chi connectivity index (χ0v) is 32.0. The molecule has 7 nitrogen and oxygen atoms in total. The normalized spacial score (nSPS) is 15.9. The number of ketones is 1. The second kappa shape index (κ2) is 15.6. The number of benzene rings is 7. The summed E-state index contributed by atoms with van der Waals surface area (Å²) in [5.41, 5.74) is 5.17. The number of nitrogens with zero attached hydrogens (tertiary/aromatic N) is 2. The molecular weight excluding hydrogens is 733 g/mol. The Kier molecular flexibility index (Phi) is 9.69. The molecule has 0 radical (unpaired) electrons. The average Bonchev–Trinajstić information content (AvgIpc) is 3.27. The summed E-state index contributed by atoms with van der Waals surface area (Å²) in [5.74, 6) is -0.406. The molecular formula is C52H39N2O5+. The smallest absolute Gasteiger partial charge is 0.219 e. The number of ether oxygens (including phenoxy) is 1. The molecule has 0 saturated heterocycles. The highest BCUT2D eigenvalue weighted by atomic mass is 16.5. The minimum Gasteiger partial charge on any atom is -0.507 e. The van der Waals surface area contributed by atoms with Crippen LogP contribution in [-0.4, -0.2) is 33.4 Å². The van der Waals surface area contributed by atoms with Crippen LogP contribution in [0.15, 0.2) is 211 Å². The Bertz CT molecular complexity index is 2960. The first-order valence-corrected chi connectivity index (χ1v) is 19.4. The average molecular weight is 772 g/mol. The van der Waals surface area contributed by atoms with Crippen LogP contribution in [0.25, 0.3) is 27.1 Å². The van der Waals surface area contributed by atoms with Gasteiger partial charge in [-0.3, -0.25) is 4.79 Å². The van der Waals surface area contributed by atoms with E-state index in [9.17, 15) is 20.1 Å². The monoisotopic (exact) mass is 771 g/mol. The van der Waals surface area contributed by atoms with Crippen LogP contribution < -0.4 is 14.2 Å². The minimum atomic E-state index is -0.486. The lowest BCUT2D eigenvalue weighted by molar-refractivity contribution is -0.111. The fourth-order valence-corrected chi connectivity index (χ4v) is 7.83. The Balaban J connectivity index is 1.08. The Labute approximate surface area is 341 Å². The van der Waals surface area contributed by atoms with E-state index in [1.54, 1.807) is 24.3 Å². The maximum Gasteiger partial charge on any atom is 0.219 e. The summed E-state index contributed by atoms with van der Waals surface area (Å²) < 4.78 is 7.92. The van der Waals surface area contributed by atoms with Crippen molar-refractivity contribution in [3.63, 3.8) is 0 Å². The molecule has 2 aliphatic rings. The molecule has 0 spiro atoms. The Morgan fingerprint density at radius 2 is 1.32 bits per heavy atom. The number of hydrogen-bond acceptors (Lipinski definition) is 6. The van der Waals surface area contributed by atoms with Crippen LogP contribution in [-0.2, 0) is 4.79 Å². The van der Waals surface area contributed by atoms with Gasteiger partial charge in [0, 0.05) is 58.2 Å². The van der Waals surface area contributed by atoms with Crippen molar-refractivity contribution in [3.05, 3.63) is 217 Å². The Morgan fingerprint density at radius 3 is 2.03 bits per heavy atom. The summed E-state index contributed by atoms with van der Waals surface area (Å²) in [5, 5.41) is 38.7. The summed E-state index contributed by atoms with van der Waals surface area (Å²) in [6, 6.07) is 51.0. The molecule has 7 heteroatoms. The Morgan fingerprint density at radius 1 is 0.661 bits per heavy atom. The third-order valence-corrected chi connectivity index (χ3v) is 10.7. The van der Waals surface area contributed by atoms with Crippen LogP contribution in [0.4, 0.5) is 28.4 Å². The molecule has 286 valence electrons. The van der Waals surface area contributed by atoms with Gasteiger partial charge in [0.15, 0.2) is 0 Å². The number of anilines is 3. The van der Waals surface area contributed by atoms with Gasteiger partial charge in [-0.2, -0.15) is 4.58 Å². The molecule has 7 aromatic rings. The van der Waals surface area contributed by atoms with E-state index in [4.69, 9.17) is 4.74 Å². The molecule has 7 aromatic carbocycles. The number of fused-ring (bicyclic) bond motifs is 2. The fourth-order valence-electron chi connectivity index (χ4n) is 7.83. The van der Waals surface area contributed by atoms with Gasteiger partial charge in [-0.15, -0.1) is 6.58 Å². The lowest BCUT2D eigenvalue weighted by atomic mass is 9.79. The van der Waals surface area contributed by atoms with E-state index in [1.165, 1.54) is 0 Å². The summed E-state index contributed by atoms with van der Waals surface area (Å²) in [7, 11) is 0. The predicted octanol–water partition coefficient (Wildman–Crippen LogP) is 12.3. The molecule has 0 amide bonds.